The van der Waals surface area contributed by atoms with Crippen molar-refractivity contribution in [2.24, 2.45) is 5.92 Å². The van der Waals surface area contributed by atoms with Crippen molar-refractivity contribution in [2.75, 3.05) is 6.54 Å². The minimum Gasteiger partial charge on any atom is -0.393 e. The molecule has 1 saturated heterocycles. The Labute approximate surface area is 163 Å². The number of carbonyl (C=O) groups excluding carboxylic acids is 1. The molecule has 2 aliphatic rings. The molecular formula is C20H29N5O3. The van der Waals surface area contributed by atoms with Gasteiger partial charge in [0.25, 0.3) is 5.91 Å². The van der Waals surface area contributed by atoms with Gasteiger partial charge < -0.3 is 15.4 Å². The number of H-pyrrole nitrogens is 1. The van der Waals surface area contributed by atoms with Crippen molar-refractivity contribution >= 4 is 16.9 Å². The fraction of sp³-hybridized carbons (Fsp3) is 0.600. The molecule has 0 bridgehead atoms. The third-order valence-corrected chi connectivity index (χ3v) is 6.33. The minimum atomic E-state index is -0.261. The maximum absolute atomic E-state index is 12.6. The van der Waals surface area contributed by atoms with E-state index in [2.05, 4.69) is 35.0 Å². The first-order valence-corrected chi connectivity index (χ1v) is 10.2. The summed E-state index contributed by atoms with van der Waals surface area (Å²) in [7, 11) is 0. The van der Waals surface area contributed by atoms with E-state index in [1.54, 1.807) is 16.7 Å². The highest BCUT2D eigenvalue weighted by Crippen LogP contribution is 2.30. The van der Waals surface area contributed by atoms with Crippen LogP contribution >= 0.6 is 0 Å². The van der Waals surface area contributed by atoms with Crippen molar-refractivity contribution in [2.45, 2.75) is 63.8 Å². The number of rotatable bonds is 4. The minimum absolute atomic E-state index is 0.0923. The lowest BCUT2D eigenvalue weighted by molar-refractivity contribution is 0.0945. The second-order valence-corrected chi connectivity index (χ2v) is 8.23. The molecule has 1 aromatic carbocycles. The molecule has 28 heavy (non-hydrogen) atoms. The molecule has 8 heteroatoms. The molecule has 1 aliphatic heterocycles. The molecule has 2 fully saturated rings. The standard InChI is InChI=1S/C20H29N5O3/c1-11-16(12(2)24-23-11)10-21-19(27)13-3-8-18-17(9-13)22-20(28)25(18)14-4-6-15(26)7-5-14/h3,8-9,11-12,14-16,23-24,26H,4-7,10H2,1-2H3,(H,21,27)(H,22,28). The Kier molecular flexibility index (Phi) is 5.27. The van der Waals surface area contributed by atoms with Crippen LogP contribution in [0.5, 0.6) is 0 Å². The van der Waals surface area contributed by atoms with Crippen molar-refractivity contribution in [1.82, 2.24) is 25.7 Å². The van der Waals surface area contributed by atoms with E-state index in [0.29, 0.717) is 36.4 Å². The van der Waals surface area contributed by atoms with Crippen molar-refractivity contribution in [1.29, 1.82) is 0 Å². The quantitative estimate of drug-likeness (QED) is 0.538. The number of carbonyl (C=O) groups is 1. The van der Waals surface area contributed by atoms with E-state index in [9.17, 15) is 14.7 Å². The zero-order valence-corrected chi connectivity index (χ0v) is 16.4. The number of fused-ring (bicyclic) bond motifs is 1. The third-order valence-electron chi connectivity index (χ3n) is 6.33. The Morgan fingerprint density at radius 3 is 2.54 bits per heavy atom. The molecular weight excluding hydrogens is 358 g/mol. The summed E-state index contributed by atoms with van der Waals surface area (Å²) in [5.41, 5.74) is 8.26. The predicted octanol–water partition coefficient (Wildman–Crippen LogP) is 1.04. The van der Waals surface area contributed by atoms with Gasteiger partial charge in [0.05, 0.1) is 17.1 Å². The van der Waals surface area contributed by atoms with Crippen LogP contribution in [0.1, 0.15) is 55.9 Å². The fourth-order valence-electron chi connectivity index (χ4n) is 4.53. The average Bonchev–Trinajstić information content (AvgIpc) is 3.18. The summed E-state index contributed by atoms with van der Waals surface area (Å²) in [6, 6.07) is 6.04. The highest BCUT2D eigenvalue weighted by molar-refractivity contribution is 5.97. The lowest BCUT2D eigenvalue weighted by Crippen LogP contribution is -2.37. The summed E-state index contributed by atoms with van der Waals surface area (Å²) in [6.45, 7) is 4.77. The maximum Gasteiger partial charge on any atom is 0.326 e. The summed E-state index contributed by atoms with van der Waals surface area (Å²) in [6.07, 6.45) is 2.74. The van der Waals surface area contributed by atoms with E-state index >= 15 is 0 Å². The maximum atomic E-state index is 12.6. The SMILES string of the molecule is CC1NNC(C)C1CNC(=O)c1ccc2c(c1)[nH]c(=O)n2C1CCC(O)CC1. The number of hydrogen-bond donors (Lipinski definition) is 5. The predicted molar refractivity (Wildman–Crippen MR) is 107 cm³/mol. The molecule has 152 valence electrons. The zero-order valence-electron chi connectivity index (χ0n) is 16.4. The largest absolute Gasteiger partial charge is 0.393 e. The Hall–Kier alpha value is -2.16. The first-order valence-electron chi connectivity index (χ1n) is 10.2. The summed E-state index contributed by atoms with van der Waals surface area (Å²) in [4.78, 5) is 28.0. The molecule has 0 spiro atoms. The lowest BCUT2D eigenvalue weighted by atomic mass is 9.93. The Bertz CT molecular complexity index is 902. The summed E-state index contributed by atoms with van der Waals surface area (Å²) in [5.74, 6) is 0.179. The highest BCUT2D eigenvalue weighted by atomic mass is 16.3. The summed E-state index contributed by atoms with van der Waals surface area (Å²) < 4.78 is 1.78. The molecule has 2 heterocycles. The monoisotopic (exact) mass is 387 g/mol. The second kappa shape index (κ2) is 7.69. The van der Waals surface area contributed by atoms with Crippen molar-refractivity contribution in [3.05, 3.63) is 34.2 Å². The van der Waals surface area contributed by atoms with Gasteiger partial charge in [0, 0.05) is 36.2 Å². The number of aliphatic hydroxyl groups excluding tert-OH is 1. The molecule has 1 aliphatic carbocycles. The van der Waals surface area contributed by atoms with E-state index < -0.39 is 0 Å². The zero-order chi connectivity index (χ0) is 19.8. The molecule has 4 rings (SSSR count). The van der Waals surface area contributed by atoms with Gasteiger partial charge in [0.2, 0.25) is 0 Å². The van der Waals surface area contributed by atoms with E-state index in [1.807, 2.05) is 6.07 Å². The Balaban J connectivity index is 1.50. The Morgan fingerprint density at radius 1 is 1.18 bits per heavy atom. The highest BCUT2D eigenvalue weighted by Gasteiger charge is 2.30. The number of aromatic amines is 1. The lowest BCUT2D eigenvalue weighted by Gasteiger charge is -2.26. The number of benzene rings is 1. The topological polar surface area (TPSA) is 111 Å². The van der Waals surface area contributed by atoms with Gasteiger partial charge in [-0.1, -0.05) is 0 Å². The van der Waals surface area contributed by atoms with E-state index in [0.717, 1.165) is 18.4 Å². The first-order chi connectivity index (χ1) is 13.4. The van der Waals surface area contributed by atoms with Crippen LogP contribution in [0.3, 0.4) is 0 Å². The number of amides is 1. The number of nitrogens with one attached hydrogen (secondary N) is 4. The smallest absolute Gasteiger partial charge is 0.326 e. The molecule has 1 saturated carbocycles. The first kappa shape index (κ1) is 19.2. The van der Waals surface area contributed by atoms with Gasteiger partial charge >= 0.3 is 5.69 Å². The number of aromatic nitrogens is 2. The van der Waals surface area contributed by atoms with Gasteiger partial charge in [-0.2, -0.15) is 0 Å². The number of hydrogen-bond acceptors (Lipinski definition) is 5. The van der Waals surface area contributed by atoms with Crippen LogP contribution < -0.4 is 21.9 Å². The van der Waals surface area contributed by atoms with E-state index in [4.69, 9.17) is 0 Å². The van der Waals surface area contributed by atoms with Crippen molar-refractivity contribution < 1.29 is 9.90 Å². The molecule has 2 atom stereocenters. The van der Waals surface area contributed by atoms with Gasteiger partial charge in [-0.3, -0.25) is 20.2 Å². The second-order valence-electron chi connectivity index (χ2n) is 8.23. The van der Waals surface area contributed by atoms with E-state index in [1.165, 1.54) is 0 Å². The van der Waals surface area contributed by atoms with Crippen molar-refractivity contribution in [3.8, 4) is 0 Å². The van der Waals surface area contributed by atoms with Crippen LogP contribution in [-0.4, -0.2) is 45.3 Å². The number of nitrogens with zero attached hydrogens (tertiary/aromatic N) is 1. The van der Waals surface area contributed by atoms with Crippen LogP contribution in [0.15, 0.2) is 23.0 Å². The molecule has 1 amide bonds. The van der Waals surface area contributed by atoms with Gasteiger partial charge in [0.1, 0.15) is 0 Å². The van der Waals surface area contributed by atoms with Gasteiger partial charge in [0.15, 0.2) is 0 Å². The van der Waals surface area contributed by atoms with E-state index in [-0.39, 0.29) is 35.8 Å². The number of aliphatic hydroxyl groups is 1. The van der Waals surface area contributed by atoms with Crippen molar-refractivity contribution in [3.63, 3.8) is 0 Å². The molecule has 1 aromatic heterocycles. The molecule has 8 nitrogen and oxygen atoms in total. The molecule has 2 aromatic rings. The van der Waals surface area contributed by atoms with Crippen LogP contribution in [-0.2, 0) is 0 Å². The summed E-state index contributed by atoms with van der Waals surface area (Å²) >= 11 is 0. The van der Waals surface area contributed by atoms with Crippen LogP contribution in [0.4, 0.5) is 0 Å². The van der Waals surface area contributed by atoms with Gasteiger partial charge in [-0.25, -0.2) is 4.79 Å². The summed E-state index contributed by atoms with van der Waals surface area (Å²) in [5, 5.41) is 12.7. The molecule has 5 N–H and O–H groups in total. The van der Waals surface area contributed by atoms with Gasteiger partial charge in [-0.15, -0.1) is 0 Å². The molecule has 0 radical (unpaired) electrons. The third kappa shape index (κ3) is 3.59. The Morgan fingerprint density at radius 2 is 1.86 bits per heavy atom. The average molecular weight is 387 g/mol. The van der Waals surface area contributed by atoms with Crippen LogP contribution in [0.25, 0.3) is 11.0 Å². The number of hydrazine groups is 1. The van der Waals surface area contributed by atoms with Crippen LogP contribution in [0.2, 0.25) is 0 Å². The normalized spacial score (nSPS) is 30.6. The van der Waals surface area contributed by atoms with Gasteiger partial charge in [-0.05, 0) is 57.7 Å². The number of imidazole rings is 1. The molecule has 2 unspecified atom stereocenters. The van der Waals surface area contributed by atoms with Crippen LogP contribution in [0, 0.1) is 5.92 Å². The fourth-order valence-corrected chi connectivity index (χ4v) is 4.53.